The fourth-order valence-electron chi connectivity index (χ4n) is 2.18. The van der Waals surface area contributed by atoms with Gasteiger partial charge in [-0.1, -0.05) is 0 Å². The van der Waals surface area contributed by atoms with Gasteiger partial charge in [0.15, 0.2) is 0 Å². The van der Waals surface area contributed by atoms with Gasteiger partial charge in [0, 0.05) is 31.3 Å². The summed E-state index contributed by atoms with van der Waals surface area (Å²) in [7, 11) is 0. The molecule has 7 heteroatoms. The topological polar surface area (TPSA) is 92.5 Å². The van der Waals surface area contributed by atoms with Gasteiger partial charge in [0.2, 0.25) is 11.8 Å². The quantitative estimate of drug-likeness (QED) is 0.505. The van der Waals surface area contributed by atoms with Gasteiger partial charge in [0.05, 0.1) is 11.5 Å². The van der Waals surface area contributed by atoms with E-state index >= 15 is 0 Å². The van der Waals surface area contributed by atoms with Crippen LogP contribution >= 0.6 is 0 Å². The predicted octanol–water partition coefficient (Wildman–Crippen LogP) is 1.35. The van der Waals surface area contributed by atoms with Crippen molar-refractivity contribution in [3.63, 3.8) is 0 Å². The molecule has 1 aromatic carbocycles. The number of likely N-dealkylation sites (tertiary alicyclic amines) is 1. The second-order valence-corrected chi connectivity index (χ2v) is 4.99. The molecule has 1 saturated heterocycles. The number of nitro benzene ring substituents is 1. The number of carbonyl (C=O) groups excluding carboxylic acids is 2. The maximum atomic E-state index is 11.7. The number of carbonyl (C=O) groups is 2. The lowest BCUT2D eigenvalue weighted by Crippen LogP contribution is -2.38. The Morgan fingerprint density at radius 1 is 1.23 bits per heavy atom. The van der Waals surface area contributed by atoms with Gasteiger partial charge in [-0.3, -0.25) is 19.7 Å². The maximum absolute atomic E-state index is 11.7. The van der Waals surface area contributed by atoms with E-state index in [1.165, 1.54) is 18.2 Å². The number of non-ortho nitro benzene ring substituents is 1. The van der Waals surface area contributed by atoms with Gasteiger partial charge >= 0.3 is 0 Å². The Hall–Kier alpha value is -2.70. The van der Waals surface area contributed by atoms with Crippen LogP contribution < -0.4 is 5.32 Å². The molecule has 2 rings (SSSR count). The molecule has 1 aromatic rings. The molecule has 0 radical (unpaired) electrons. The van der Waals surface area contributed by atoms with Crippen molar-refractivity contribution < 1.29 is 14.5 Å². The molecule has 0 saturated carbocycles. The summed E-state index contributed by atoms with van der Waals surface area (Å²) in [6.45, 7) is 1.50. The van der Waals surface area contributed by atoms with E-state index in [-0.39, 0.29) is 24.0 Å². The highest BCUT2D eigenvalue weighted by molar-refractivity contribution is 5.94. The van der Waals surface area contributed by atoms with E-state index in [1.807, 2.05) is 0 Å². The molecule has 2 amide bonds. The lowest BCUT2D eigenvalue weighted by molar-refractivity contribution is -0.384. The summed E-state index contributed by atoms with van der Waals surface area (Å²) in [5.74, 6) is -0.444. The lowest BCUT2D eigenvalue weighted by Gasteiger charge is -2.14. The first kappa shape index (κ1) is 15.7. The Morgan fingerprint density at radius 2 is 1.86 bits per heavy atom. The van der Waals surface area contributed by atoms with Crippen molar-refractivity contribution in [2.24, 2.45) is 0 Å². The first-order chi connectivity index (χ1) is 10.6. The summed E-state index contributed by atoms with van der Waals surface area (Å²) in [5, 5.41) is 13.1. The number of nitrogens with zero attached hydrogens (tertiary/aromatic N) is 2. The first-order valence-electron chi connectivity index (χ1n) is 7.04. The highest BCUT2D eigenvalue weighted by Gasteiger charge is 2.17. The molecule has 1 fully saturated rings. The fraction of sp³-hybridized carbons (Fsp3) is 0.333. The molecule has 1 aliphatic rings. The van der Waals surface area contributed by atoms with Crippen LogP contribution in [0.5, 0.6) is 0 Å². The van der Waals surface area contributed by atoms with Crippen molar-refractivity contribution in [2.75, 3.05) is 19.6 Å². The number of amides is 2. The molecule has 0 spiro atoms. The van der Waals surface area contributed by atoms with Crippen molar-refractivity contribution in [1.82, 2.24) is 10.2 Å². The van der Waals surface area contributed by atoms with E-state index < -0.39 is 4.92 Å². The minimum Gasteiger partial charge on any atom is -0.343 e. The van der Waals surface area contributed by atoms with E-state index in [0.717, 1.165) is 25.9 Å². The van der Waals surface area contributed by atoms with Crippen LogP contribution in [-0.2, 0) is 9.59 Å². The monoisotopic (exact) mass is 303 g/mol. The SMILES string of the molecule is O=C(/C=C/c1ccc([N+](=O)[O-])cc1)NCC(=O)N1CCCC1. The Balaban J connectivity index is 1.80. The van der Waals surface area contributed by atoms with Crippen LogP contribution in [-0.4, -0.2) is 41.3 Å². The van der Waals surface area contributed by atoms with E-state index in [9.17, 15) is 19.7 Å². The van der Waals surface area contributed by atoms with E-state index in [1.54, 1.807) is 23.1 Å². The molecule has 116 valence electrons. The summed E-state index contributed by atoms with van der Waals surface area (Å²) >= 11 is 0. The van der Waals surface area contributed by atoms with Crippen LogP contribution in [0.15, 0.2) is 30.3 Å². The van der Waals surface area contributed by atoms with Gasteiger partial charge in [-0.2, -0.15) is 0 Å². The highest BCUT2D eigenvalue weighted by Crippen LogP contribution is 2.12. The fourth-order valence-corrected chi connectivity index (χ4v) is 2.18. The molecule has 22 heavy (non-hydrogen) atoms. The summed E-state index contributed by atoms with van der Waals surface area (Å²) in [6, 6.07) is 5.84. The summed E-state index contributed by atoms with van der Waals surface area (Å²) in [4.78, 5) is 35.2. The Morgan fingerprint density at radius 3 is 2.45 bits per heavy atom. The zero-order chi connectivity index (χ0) is 15.9. The van der Waals surface area contributed by atoms with Gasteiger partial charge in [-0.15, -0.1) is 0 Å². The number of nitro groups is 1. The standard InChI is InChI=1S/C15H17N3O4/c19-14(16-11-15(20)17-9-1-2-10-17)8-5-12-3-6-13(7-4-12)18(21)22/h3-8H,1-2,9-11H2,(H,16,19)/b8-5+. The molecule has 0 atom stereocenters. The highest BCUT2D eigenvalue weighted by atomic mass is 16.6. The molecule has 0 unspecified atom stereocenters. The largest absolute Gasteiger partial charge is 0.343 e. The number of rotatable bonds is 5. The minimum atomic E-state index is -0.482. The molecule has 1 aliphatic heterocycles. The van der Waals surface area contributed by atoms with Crippen LogP contribution in [0, 0.1) is 10.1 Å². The van der Waals surface area contributed by atoms with E-state index in [0.29, 0.717) is 5.56 Å². The minimum absolute atomic E-state index is 0.00203. The second-order valence-electron chi connectivity index (χ2n) is 4.99. The maximum Gasteiger partial charge on any atom is 0.269 e. The van der Waals surface area contributed by atoms with Crippen molar-refractivity contribution in [2.45, 2.75) is 12.8 Å². The lowest BCUT2D eigenvalue weighted by atomic mass is 10.2. The van der Waals surface area contributed by atoms with Gasteiger partial charge in [0.1, 0.15) is 0 Å². The van der Waals surface area contributed by atoms with Crippen LogP contribution in [0.2, 0.25) is 0 Å². The normalized spacial score (nSPS) is 14.3. The molecule has 7 nitrogen and oxygen atoms in total. The molecule has 1 heterocycles. The van der Waals surface area contributed by atoms with Crippen LogP contribution in [0.3, 0.4) is 0 Å². The Bertz CT molecular complexity index is 589. The molecule has 0 aliphatic carbocycles. The molecular formula is C15H17N3O4. The van der Waals surface area contributed by atoms with E-state index in [2.05, 4.69) is 5.32 Å². The number of hydrogen-bond donors (Lipinski definition) is 1. The average Bonchev–Trinajstić information content (AvgIpc) is 3.05. The smallest absolute Gasteiger partial charge is 0.269 e. The van der Waals surface area contributed by atoms with Crippen molar-refractivity contribution in [3.05, 3.63) is 46.0 Å². The first-order valence-corrected chi connectivity index (χ1v) is 7.04. The Kier molecular flexibility index (Phi) is 5.24. The molecule has 1 N–H and O–H groups in total. The number of nitrogens with one attached hydrogen (secondary N) is 1. The number of benzene rings is 1. The molecular weight excluding hydrogens is 286 g/mol. The predicted molar refractivity (Wildman–Crippen MR) is 81.0 cm³/mol. The second kappa shape index (κ2) is 7.35. The van der Waals surface area contributed by atoms with Gasteiger partial charge < -0.3 is 10.2 Å². The van der Waals surface area contributed by atoms with Crippen molar-refractivity contribution in [3.8, 4) is 0 Å². The van der Waals surface area contributed by atoms with Crippen LogP contribution in [0.1, 0.15) is 18.4 Å². The third-order valence-corrected chi connectivity index (χ3v) is 3.40. The van der Waals surface area contributed by atoms with Crippen LogP contribution in [0.4, 0.5) is 5.69 Å². The number of hydrogen-bond acceptors (Lipinski definition) is 4. The summed E-state index contributed by atoms with van der Waals surface area (Å²) in [6.07, 6.45) is 4.87. The van der Waals surface area contributed by atoms with Gasteiger partial charge in [0.25, 0.3) is 5.69 Å². The molecule has 0 bridgehead atoms. The summed E-state index contributed by atoms with van der Waals surface area (Å²) in [5.41, 5.74) is 0.671. The average molecular weight is 303 g/mol. The zero-order valence-electron chi connectivity index (χ0n) is 12.0. The van der Waals surface area contributed by atoms with Gasteiger partial charge in [-0.25, -0.2) is 0 Å². The third-order valence-electron chi connectivity index (χ3n) is 3.40. The van der Waals surface area contributed by atoms with Gasteiger partial charge in [-0.05, 0) is 36.6 Å². The third kappa shape index (κ3) is 4.41. The summed E-state index contributed by atoms with van der Waals surface area (Å²) < 4.78 is 0. The molecule has 0 aromatic heterocycles. The Labute approximate surface area is 127 Å². The van der Waals surface area contributed by atoms with Crippen molar-refractivity contribution >= 4 is 23.6 Å². The van der Waals surface area contributed by atoms with Crippen LogP contribution in [0.25, 0.3) is 6.08 Å². The van der Waals surface area contributed by atoms with Crippen molar-refractivity contribution in [1.29, 1.82) is 0 Å². The zero-order valence-corrected chi connectivity index (χ0v) is 12.0. The van der Waals surface area contributed by atoms with E-state index in [4.69, 9.17) is 0 Å².